The molecule has 0 bridgehead atoms. The maximum atomic E-state index is 13.1. The summed E-state index contributed by atoms with van der Waals surface area (Å²) in [5.41, 5.74) is 1.61. The molecule has 0 spiro atoms. The van der Waals surface area contributed by atoms with Crippen LogP contribution in [0.1, 0.15) is 34.5 Å². The molecule has 3 heterocycles. The second-order valence-corrected chi connectivity index (χ2v) is 12.7. The van der Waals surface area contributed by atoms with Crippen molar-refractivity contribution in [2.45, 2.75) is 29.2 Å². The van der Waals surface area contributed by atoms with Crippen LogP contribution in [-0.2, 0) is 31.4 Å². The third kappa shape index (κ3) is 4.24. The maximum Gasteiger partial charge on any atom is 0.256 e. The third-order valence-electron chi connectivity index (χ3n) is 5.89. The van der Waals surface area contributed by atoms with Crippen LogP contribution in [0.3, 0.4) is 0 Å². The highest BCUT2D eigenvalue weighted by atomic mass is 35.5. The van der Waals surface area contributed by atoms with Crippen molar-refractivity contribution in [1.29, 1.82) is 0 Å². The van der Waals surface area contributed by atoms with E-state index in [1.807, 2.05) is 0 Å². The summed E-state index contributed by atoms with van der Waals surface area (Å²) < 4.78 is 52.7. The van der Waals surface area contributed by atoms with Crippen molar-refractivity contribution in [3.05, 3.63) is 70.4 Å². The van der Waals surface area contributed by atoms with Gasteiger partial charge in [0.15, 0.2) is 9.84 Å². The standard InChI is InChI=1S/C22H21ClN4O5S2/c23-16-4-3-5-17(12-16)27-21(19-13-33(29,30)14-20(19)25-27)24-22(28)15-6-8-18(9-7-15)34(31,32)26-10-1-2-11-26/h3-9,12H,1-2,10-11,13-14H2,(H,24,28). The minimum absolute atomic E-state index is 0.127. The Bertz CT molecular complexity index is 1490. The normalized spacial score (nSPS) is 17.6. The first-order chi connectivity index (χ1) is 16.1. The number of aromatic nitrogens is 2. The number of nitrogens with zero attached hydrogens (tertiary/aromatic N) is 3. The molecule has 34 heavy (non-hydrogen) atoms. The van der Waals surface area contributed by atoms with E-state index in [0.717, 1.165) is 12.8 Å². The Kier molecular flexibility index (Phi) is 5.75. The van der Waals surface area contributed by atoms with Crippen LogP contribution in [0.15, 0.2) is 53.4 Å². The average Bonchev–Trinajstić information content (AvgIpc) is 3.50. The summed E-state index contributed by atoms with van der Waals surface area (Å²) in [6.07, 6.45) is 1.67. The van der Waals surface area contributed by atoms with Crippen molar-refractivity contribution in [2.24, 2.45) is 0 Å². The van der Waals surface area contributed by atoms with Crippen molar-refractivity contribution in [3.63, 3.8) is 0 Å². The first kappa shape index (κ1) is 23.0. The molecular weight excluding hydrogens is 500 g/mol. The number of benzene rings is 2. The predicted molar refractivity (Wildman–Crippen MR) is 127 cm³/mol. The van der Waals surface area contributed by atoms with E-state index >= 15 is 0 Å². The molecule has 0 saturated carbocycles. The van der Waals surface area contributed by atoms with Gasteiger partial charge in [-0.25, -0.2) is 21.5 Å². The molecule has 5 rings (SSSR count). The Morgan fingerprint density at radius 1 is 1.03 bits per heavy atom. The number of anilines is 1. The summed E-state index contributed by atoms with van der Waals surface area (Å²) in [4.78, 5) is 13.2. The Labute approximate surface area is 202 Å². The molecule has 178 valence electrons. The lowest BCUT2D eigenvalue weighted by molar-refractivity contribution is 0.102. The van der Waals surface area contributed by atoms with Crippen molar-refractivity contribution >= 4 is 43.2 Å². The maximum absolute atomic E-state index is 13.1. The second kappa shape index (κ2) is 8.49. The van der Waals surface area contributed by atoms with Crippen LogP contribution in [0.25, 0.3) is 5.69 Å². The van der Waals surface area contributed by atoms with E-state index in [1.165, 1.54) is 33.3 Å². The second-order valence-electron chi connectivity index (χ2n) is 8.29. The quantitative estimate of drug-likeness (QED) is 0.552. The molecule has 2 aliphatic rings. The Balaban J connectivity index is 1.46. The number of sulfonamides is 1. The highest BCUT2D eigenvalue weighted by molar-refractivity contribution is 7.90. The topological polar surface area (TPSA) is 118 Å². The molecule has 9 nitrogen and oxygen atoms in total. The van der Waals surface area contributed by atoms with Crippen LogP contribution in [0.5, 0.6) is 0 Å². The molecule has 0 radical (unpaired) electrons. The van der Waals surface area contributed by atoms with Crippen molar-refractivity contribution in [1.82, 2.24) is 14.1 Å². The van der Waals surface area contributed by atoms with Gasteiger partial charge in [-0.1, -0.05) is 17.7 Å². The number of carbonyl (C=O) groups excluding carboxylic acids is 1. The molecule has 1 N–H and O–H groups in total. The molecule has 2 aromatic carbocycles. The number of amides is 1. The average molecular weight is 521 g/mol. The van der Waals surface area contributed by atoms with Gasteiger partial charge in [0.05, 0.1) is 27.8 Å². The molecular formula is C22H21ClN4O5S2. The summed E-state index contributed by atoms with van der Waals surface area (Å²) in [5, 5.41) is 7.65. The van der Waals surface area contributed by atoms with Crippen molar-refractivity contribution < 1.29 is 21.6 Å². The van der Waals surface area contributed by atoms with E-state index < -0.39 is 25.8 Å². The number of sulfone groups is 1. The zero-order chi connectivity index (χ0) is 24.1. The number of rotatable bonds is 5. The van der Waals surface area contributed by atoms with E-state index in [9.17, 15) is 21.6 Å². The first-order valence-electron chi connectivity index (χ1n) is 10.6. The fourth-order valence-electron chi connectivity index (χ4n) is 4.20. The summed E-state index contributed by atoms with van der Waals surface area (Å²) in [6.45, 7) is 0.984. The molecule has 3 aromatic rings. The number of halogens is 1. The molecule has 2 aliphatic heterocycles. The van der Waals surface area contributed by atoms with Gasteiger partial charge in [0.25, 0.3) is 5.91 Å². The third-order valence-corrected chi connectivity index (χ3v) is 9.48. The summed E-state index contributed by atoms with van der Waals surface area (Å²) in [6, 6.07) is 12.5. The Hall–Kier alpha value is -2.73. The van der Waals surface area contributed by atoms with Gasteiger partial charge in [0.2, 0.25) is 10.0 Å². The van der Waals surface area contributed by atoms with E-state index in [2.05, 4.69) is 10.4 Å². The smallest absolute Gasteiger partial charge is 0.256 e. The molecule has 1 fully saturated rings. The lowest BCUT2D eigenvalue weighted by Gasteiger charge is -2.15. The first-order valence-corrected chi connectivity index (χ1v) is 14.3. The molecule has 0 unspecified atom stereocenters. The predicted octanol–water partition coefficient (Wildman–Crippen LogP) is 2.99. The van der Waals surface area contributed by atoms with Gasteiger partial charge in [-0.2, -0.15) is 9.40 Å². The monoisotopic (exact) mass is 520 g/mol. The Morgan fingerprint density at radius 2 is 1.74 bits per heavy atom. The molecule has 0 atom stereocenters. The van der Waals surface area contributed by atoms with Crippen LogP contribution in [-0.4, -0.2) is 49.9 Å². The van der Waals surface area contributed by atoms with Crippen molar-refractivity contribution in [3.8, 4) is 5.69 Å². The molecule has 0 aliphatic carbocycles. The van der Waals surface area contributed by atoms with Crippen LogP contribution in [0.2, 0.25) is 5.02 Å². The largest absolute Gasteiger partial charge is 0.306 e. The van der Waals surface area contributed by atoms with Crippen LogP contribution in [0, 0.1) is 0 Å². The zero-order valence-electron chi connectivity index (χ0n) is 17.9. The van der Waals surface area contributed by atoms with E-state index in [-0.39, 0.29) is 27.8 Å². The lowest BCUT2D eigenvalue weighted by Crippen LogP contribution is -2.27. The van der Waals surface area contributed by atoms with Gasteiger partial charge >= 0.3 is 0 Å². The zero-order valence-corrected chi connectivity index (χ0v) is 20.3. The van der Waals surface area contributed by atoms with Crippen LogP contribution in [0.4, 0.5) is 5.82 Å². The SMILES string of the molecule is O=C(Nc1c2c(nn1-c1cccc(Cl)c1)CS(=O)(=O)C2)c1ccc(S(=O)(=O)N2CCCC2)cc1. The minimum Gasteiger partial charge on any atom is -0.306 e. The summed E-state index contributed by atoms with van der Waals surface area (Å²) in [7, 11) is -6.94. The lowest BCUT2D eigenvalue weighted by atomic mass is 10.2. The molecule has 1 saturated heterocycles. The highest BCUT2D eigenvalue weighted by Crippen LogP contribution is 2.33. The number of fused-ring (bicyclic) bond motifs is 1. The minimum atomic E-state index is -3.59. The van der Waals surface area contributed by atoms with E-state index in [1.54, 1.807) is 24.3 Å². The number of hydrogen-bond acceptors (Lipinski definition) is 6. The van der Waals surface area contributed by atoms with E-state index in [4.69, 9.17) is 11.6 Å². The summed E-state index contributed by atoms with van der Waals surface area (Å²) >= 11 is 6.11. The van der Waals surface area contributed by atoms with Gasteiger partial charge < -0.3 is 5.32 Å². The number of nitrogens with one attached hydrogen (secondary N) is 1. The molecule has 12 heteroatoms. The van der Waals surface area contributed by atoms with Gasteiger partial charge in [-0.3, -0.25) is 4.79 Å². The van der Waals surface area contributed by atoms with Gasteiger partial charge in [0.1, 0.15) is 5.82 Å². The molecule has 1 aromatic heterocycles. The van der Waals surface area contributed by atoms with Gasteiger partial charge in [-0.15, -0.1) is 0 Å². The van der Waals surface area contributed by atoms with E-state index in [0.29, 0.717) is 35.1 Å². The fraction of sp³-hybridized carbons (Fsp3) is 0.273. The number of hydrogen-bond donors (Lipinski definition) is 1. The molecule has 1 amide bonds. The highest BCUT2D eigenvalue weighted by Gasteiger charge is 2.33. The number of carbonyl (C=O) groups is 1. The van der Waals surface area contributed by atoms with Crippen LogP contribution < -0.4 is 5.32 Å². The van der Waals surface area contributed by atoms with Gasteiger partial charge in [0, 0.05) is 29.2 Å². The van der Waals surface area contributed by atoms with Crippen LogP contribution >= 0.6 is 11.6 Å². The van der Waals surface area contributed by atoms with Crippen molar-refractivity contribution in [2.75, 3.05) is 18.4 Å². The Morgan fingerprint density at radius 3 is 2.41 bits per heavy atom. The summed E-state index contributed by atoms with van der Waals surface area (Å²) in [5.74, 6) is -0.703. The van der Waals surface area contributed by atoms with Gasteiger partial charge in [-0.05, 0) is 55.3 Å². The fourth-order valence-corrected chi connectivity index (χ4v) is 7.40.